The van der Waals surface area contributed by atoms with Gasteiger partial charge in [-0.15, -0.1) is 0 Å². The van der Waals surface area contributed by atoms with Crippen LogP contribution in [0.25, 0.3) is 5.69 Å². The monoisotopic (exact) mass is 241 g/mol. The van der Waals surface area contributed by atoms with Gasteiger partial charge in [-0.2, -0.15) is 5.10 Å². The molecule has 95 valence electrons. The maximum Gasteiger partial charge on any atom is 0.0648 e. The number of aromatic nitrogens is 2. The minimum Gasteiger partial charge on any atom is -0.238 e. The Morgan fingerprint density at radius 2 is 1.94 bits per heavy atom. The van der Waals surface area contributed by atoms with Crippen LogP contribution in [0.5, 0.6) is 0 Å². The smallest absolute Gasteiger partial charge is 0.0648 e. The first kappa shape index (κ1) is 12.9. The third kappa shape index (κ3) is 2.81. The van der Waals surface area contributed by atoms with Gasteiger partial charge in [-0.05, 0) is 56.9 Å². The first-order valence-corrected chi connectivity index (χ1v) is 6.68. The van der Waals surface area contributed by atoms with Crippen molar-refractivity contribution in [1.82, 2.24) is 9.78 Å². The van der Waals surface area contributed by atoms with Gasteiger partial charge in [0.1, 0.15) is 0 Å². The SMILES string of the molecule is [CH2]Cc1ccc(-n2nc(CCCC)cc2C)cc1. The van der Waals surface area contributed by atoms with E-state index in [4.69, 9.17) is 0 Å². The predicted octanol–water partition coefficient (Wildman–Crippen LogP) is 3.90. The summed E-state index contributed by atoms with van der Waals surface area (Å²) in [7, 11) is 0. The summed E-state index contributed by atoms with van der Waals surface area (Å²) in [6.45, 7) is 8.21. The second-order valence-corrected chi connectivity index (χ2v) is 4.71. The van der Waals surface area contributed by atoms with Gasteiger partial charge < -0.3 is 0 Å². The Balaban J connectivity index is 2.23. The van der Waals surface area contributed by atoms with Crippen LogP contribution >= 0.6 is 0 Å². The number of aryl methyl sites for hydroxylation is 2. The lowest BCUT2D eigenvalue weighted by Crippen LogP contribution is -1.99. The van der Waals surface area contributed by atoms with E-state index in [1.54, 1.807) is 0 Å². The standard InChI is InChI=1S/C16H21N2/c1-4-6-7-15-12-13(3)18(17-15)16-10-8-14(5-2)9-11-16/h8-12H,2,4-7H2,1,3H3. The molecule has 0 bridgehead atoms. The van der Waals surface area contributed by atoms with Crippen molar-refractivity contribution in [3.63, 3.8) is 0 Å². The summed E-state index contributed by atoms with van der Waals surface area (Å²) in [6.07, 6.45) is 4.32. The van der Waals surface area contributed by atoms with E-state index in [0.29, 0.717) is 0 Å². The Bertz CT molecular complexity index is 494. The van der Waals surface area contributed by atoms with Crippen LogP contribution in [-0.4, -0.2) is 9.78 Å². The normalized spacial score (nSPS) is 10.8. The van der Waals surface area contributed by atoms with Crippen LogP contribution in [0, 0.1) is 13.8 Å². The highest BCUT2D eigenvalue weighted by Gasteiger charge is 2.05. The van der Waals surface area contributed by atoms with Crippen molar-refractivity contribution in [2.45, 2.75) is 39.5 Å². The number of benzene rings is 1. The van der Waals surface area contributed by atoms with Crippen LogP contribution in [0.15, 0.2) is 30.3 Å². The molecule has 2 heteroatoms. The Hall–Kier alpha value is -1.57. The van der Waals surface area contributed by atoms with Gasteiger partial charge in [0.05, 0.1) is 11.4 Å². The number of nitrogens with zero attached hydrogens (tertiary/aromatic N) is 2. The van der Waals surface area contributed by atoms with Crippen LogP contribution < -0.4 is 0 Å². The van der Waals surface area contributed by atoms with E-state index < -0.39 is 0 Å². The molecule has 0 unspecified atom stereocenters. The molecule has 0 atom stereocenters. The zero-order chi connectivity index (χ0) is 13.0. The van der Waals surface area contributed by atoms with Crippen molar-refractivity contribution in [2.24, 2.45) is 0 Å². The molecule has 18 heavy (non-hydrogen) atoms. The van der Waals surface area contributed by atoms with E-state index in [9.17, 15) is 0 Å². The first-order valence-electron chi connectivity index (χ1n) is 6.68. The summed E-state index contributed by atoms with van der Waals surface area (Å²) in [5.41, 5.74) is 4.78. The zero-order valence-corrected chi connectivity index (χ0v) is 11.3. The second-order valence-electron chi connectivity index (χ2n) is 4.71. The van der Waals surface area contributed by atoms with E-state index in [0.717, 1.165) is 18.5 Å². The van der Waals surface area contributed by atoms with E-state index in [1.807, 2.05) is 4.68 Å². The molecular weight excluding hydrogens is 220 g/mol. The van der Waals surface area contributed by atoms with Crippen LogP contribution in [0.4, 0.5) is 0 Å². The highest BCUT2D eigenvalue weighted by atomic mass is 15.3. The molecule has 2 rings (SSSR count). The fourth-order valence-electron chi connectivity index (χ4n) is 2.08. The largest absolute Gasteiger partial charge is 0.238 e. The number of hydrogen-bond donors (Lipinski definition) is 0. The summed E-state index contributed by atoms with van der Waals surface area (Å²) in [5, 5.41) is 4.67. The Labute approximate surface area is 110 Å². The van der Waals surface area contributed by atoms with Crippen LogP contribution in [-0.2, 0) is 12.8 Å². The lowest BCUT2D eigenvalue weighted by Gasteiger charge is -2.05. The molecule has 0 aliphatic rings. The van der Waals surface area contributed by atoms with Gasteiger partial charge in [-0.25, -0.2) is 4.68 Å². The molecular formula is C16H21N2. The molecule has 2 aromatic rings. The summed E-state index contributed by atoms with van der Waals surface area (Å²) in [5.74, 6) is 0. The minimum atomic E-state index is 0.833. The van der Waals surface area contributed by atoms with E-state index >= 15 is 0 Å². The van der Waals surface area contributed by atoms with Gasteiger partial charge in [0.15, 0.2) is 0 Å². The predicted molar refractivity (Wildman–Crippen MR) is 76.0 cm³/mol. The fourth-order valence-corrected chi connectivity index (χ4v) is 2.08. The van der Waals surface area contributed by atoms with Crippen molar-refractivity contribution >= 4 is 0 Å². The second kappa shape index (κ2) is 5.85. The quantitative estimate of drug-likeness (QED) is 0.776. The molecule has 0 aliphatic carbocycles. The average Bonchev–Trinajstić information content (AvgIpc) is 2.78. The average molecular weight is 241 g/mol. The molecule has 1 aromatic carbocycles. The minimum absolute atomic E-state index is 0.833. The molecule has 2 nitrogen and oxygen atoms in total. The van der Waals surface area contributed by atoms with Crippen molar-refractivity contribution in [2.75, 3.05) is 0 Å². The Morgan fingerprint density at radius 3 is 2.56 bits per heavy atom. The highest BCUT2D eigenvalue weighted by molar-refractivity contribution is 5.36. The number of unbranched alkanes of at least 4 members (excludes halogenated alkanes) is 1. The van der Waals surface area contributed by atoms with Crippen molar-refractivity contribution in [3.8, 4) is 5.69 Å². The molecule has 0 N–H and O–H groups in total. The maximum absolute atomic E-state index is 4.67. The molecule has 0 amide bonds. The van der Waals surface area contributed by atoms with Crippen molar-refractivity contribution < 1.29 is 0 Å². The van der Waals surface area contributed by atoms with Gasteiger partial charge in [-0.1, -0.05) is 25.5 Å². The Morgan fingerprint density at radius 1 is 1.22 bits per heavy atom. The van der Waals surface area contributed by atoms with E-state index in [2.05, 4.69) is 56.2 Å². The molecule has 0 saturated carbocycles. The third-order valence-corrected chi connectivity index (χ3v) is 3.19. The third-order valence-electron chi connectivity index (χ3n) is 3.19. The van der Waals surface area contributed by atoms with Gasteiger partial charge >= 0.3 is 0 Å². The zero-order valence-electron chi connectivity index (χ0n) is 11.3. The topological polar surface area (TPSA) is 17.8 Å². The summed E-state index contributed by atoms with van der Waals surface area (Å²) < 4.78 is 2.03. The molecule has 0 spiro atoms. The molecule has 1 aromatic heterocycles. The molecule has 0 fully saturated rings. The molecule has 1 radical (unpaired) electrons. The first-order chi connectivity index (χ1) is 8.74. The molecule has 1 heterocycles. The van der Waals surface area contributed by atoms with Crippen molar-refractivity contribution in [3.05, 3.63) is 54.2 Å². The summed E-state index contributed by atoms with van der Waals surface area (Å²) in [6, 6.07) is 10.7. The van der Waals surface area contributed by atoms with Crippen LogP contribution in [0.3, 0.4) is 0 Å². The summed E-state index contributed by atoms with van der Waals surface area (Å²) >= 11 is 0. The van der Waals surface area contributed by atoms with Gasteiger partial charge in [0, 0.05) is 5.69 Å². The van der Waals surface area contributed by atoms with Gasteiger partial charge in [0.25, 0.3) is 0 Å². The Kier molecular flexibility index (Phi) is 4.19. The lowest BCUT2D eigenvalue weighted by atomic mass is 10.1. The van der Waals surface area contributed by atoms with Crippen LogP contribution in [0.1, 0.15) is 36.7 Å². The molecule has 0 aliphatic heterocycles. The number of rotatable bonds is 5. The molecule has 0 saturated heterocycles. The maximum atomic E-state index is 4.67. The van der Waals surface area contributed by atoms with Gasteiger partial charge in [0.2, 0.25) is 0 Å². The summed E-state index contributed by atoms with van der Waals surface area (Å²) in [4.78, 5) is 0. The number of hydrogen-bond acceptors (Lipinski definition) is 1. The van der Waals surface area contributed by atoms with Crippen molar-refractivity contribution in [1.29, 1.82) is 0 Å². The van der Waals surface area contributed by atoms with Gasteiger partial charge in [-0.3, -0.25) is 0 Å². The fraction of sp³-hybridized carbons (Fsp3) is 0.375. The lowest BCUT2D eigenvalue weighted by molar-refractivity contribution is 0.748. The van der Waals surface area contributed by atoms with Crippen LogP contribution in [0.2, 0.25) is 0 Å². The van der Waals surface area contributed by atoms with E-state index in [1.165, 1.54) is 29.8 Å². The van der Waals surface area contributed by atoms with E-state index in [-0.39, 0.29) is 0 Å². The highest BCUT2D eigenvalue weighted by Crippen LogP contribution is 2.14.